The van der Waals surface area contributed by atoms with Gasteiger partial charge in [-0.15, -0.1) is 6.42 Å². The zero-order valence-electron chi connectivity index (χ0n) is 17.5. The van der Waals surface area contributed by atoms with E-state index in [4.69, 9.17) is 15.9 Å². The number of ether oxygens (including phenoxy) is 2. The van der Waals surface area contributed by atoms with E-state index < -0.39 is 17.3 Å². The van der Waals surface area contributed by atoms with E-state index in [-0.39, 0.29) is 18.4 Å². The van der Waals surface area contributed by atoms with Crippen LogP contribution in [-0.4, -0.2) is 43.7 Å². The van der Waals surface area contributed by atoms with Crippen LogP contribution in [0.15, 0.2) is 48.5 Å². The lowest BCUT2D eigenvalue weighted by Gasteiger charge is -2.41. The van der Waals surface area contributed by atoms with Gasteiger partial charge in [-0.05, 0) is 54.2 Å². The van der Waals surface area contributed by atoms with Crippen LogP contribution in [0.25, 0.3) is 0 Å². The molecule has 2 aromatic rings. The molecule has 2 aliphatic heterocycles. The van der Waals surface area contributed by atoms with Gasteiger partial charge in [0.05, 0.1) is 18.8 Å². The van der Waals surface area contributed by atoms with Gasteiger partial charge in [-0.3, -0.25) is 4.79 Å². The number of alkyl halides is 3. The Kier molecular flexibility index (Phi) is 6.27. The highest BCUT2D eigenvalue weighted by molar-refractivity contribution is 5.94. The van der Waals surface area contributed by atoms with Crippen molar-refractivity contribution in [1.82, 2.24) is 4.90 Å². The van der Waals surface area contributed by atoms with Crippen molar-refractivity contribution in [3.05, 3.63) is 70.8 Å². The number of nitrogens with zero attached hydrogens (tertiary/aromatic N) is 1. The number of rotatable bonds is 5. The highest BCUT2D eigenvalue weighted by atomic mass is 19.4. The molecule has 0 N–H and O–H groups in total. The van der Waals surface area contributed by atoms with Gasteiger partial charge < -0.3 is 14.4 Å². The number of halogens is 3. The second-order valence-corrected chi connectivity index (χ2v) is 8.24. The first-order chi connectivity index (χ1) is 15.3. The second-order valence-electron chi connectivity index (χ2n) is 8.24. The molecule has 2 heterocycles. The van der Waals surface area contributed by atoms with Gasteiger partial charge in [0.2, 0.25) is 0 Å². The van der Waals surface area contributed by atoms with Gasteiger partial charge in [0.15, 0.2) is 0 Å². The molecule has 0 atom stereocenters. The van der Waals surface area contributed by atoms with Crippen molar-refractivity contribution in [2.24, 2.45) is 0 Å². The van der Waals surface area contributed by atoms with Gasteiger partial charge in [0.25, 0.3) is 5.91 Å². The number of piperidine rings is 1. The maximum absolute atomic E-state index is 12.9. The van der Waals surface area contributed by atoms with Gasteiger partial charge in [0, 0.05) is 18.7 Å². The maximum Gasteiger partial charge on any atom is 0.416 e. The summed E-state index contributed by atoms with van der Waals surface area (Å²) >= 11 is 0. The normalized spacial score (nSPS) is 18.6. The molecule has 0 saturated carbocycles. The second kappa shape index (κ2) is 8.97. The molecule has 0 spiro atoms. The molecule has 7 heteroatoms. The molecule has 2 aliphatic rings. The smallest absolute Gasteiger partial charge is 0.375 e. The number of amides is 1. The summed E-state index contributed by atoms with van der Waals surface area (Å²) in [5.74, 6) is 2.57. The van der Waals surface area contributed by atoms with Crippen molar-refractivity contribution >= 4 is 5.91 Å². The van der Waals surface area contributed by atoms with Gasteiger partial charge in [-0.25, -0.2) is 0 Å². The third-order valence-electron chi connectivity index (χ3n) is 6.25. The monoisotopic (exact) mass is 443 g/mol. The largest absolute Gasteiger partial charge is 0.416 e. The van der Waals surface area contributed by atoms with Crippen LogP contribution in [-0.2, 0) is 21.3 Å². The molecule has 0 unspecified atom stereocenters. The molecule has 4 rings (SSSR count). The molecule has 2 saturated heterocycles. The fourth-order valence-electron chi connectivity index (χ4n) is 4.26. The van der Waals surface area contributed by atoms with E-state index in [1.165, 1.54) is 0 Å². The number of hydrogen-bond acceptors (Lipinski definition) is 3. The van der Waals surface area contributed by atoms with Crippen molar-refractivity contribution in [2.75, 3.05) is 32.9 Å². The quantitative estimate of drug-likeness (QED) is 0.634. The Morgan fingerprint density at radius 3 is 2.22 bits per heavy atom. The zero-order chi connectivity index (χ0) is 22.8. The molecule has 168 valence electrons. The van der Waals surface area contributed by atoms with Crippen LogP contribution in [0.1, 0.15) is 45.8 Å². The van der Waals surface area contributed by atoms with Crippen LogP contribution >= 0.6 is 0 Å². The third kappa shape index (κ3) is 4.52. The van der Waals surface area contributed by atoms with E-state index in [1.54, 1.807) is 29.2 Å². The SMILES string of the molecule is C#CCOC1(c2ccc(C(=O)N3CCC(c4ccc(C(F)(F)F)cc4)CC3)cc2)COC1. The van der Waals surface area contributed by atoms with Crippen LogP contribution in [0.5, 0.6) is 0 Å². The summed E-state index contributed by atoms with van der Waals surface area (Å²) in [4.78, 5) is 14.7. The van der Waals surface area contributed by atoms with Crippen LogP contribution in [0.2, 0.25) is 0 Å². The molecule has 0 aromatic heterocycles. The van der Waals surface area contributed by atoms with Gasteiger partial charge in [-0.1, -0.05) is 30.2 Å². The molecule has 1 amide bonds. The van der Waals surface area contributed by atoms with Gasteiger partial charge >= 0.3 is 6.18 Å². The first kappa shape index (κ1) is 22.4. The van der Waals surface area contributed by atoms with E-state index in [1.807, 2.05) is 12.1 Å². The first-order valence-corrected chi connectivity index (χ1v) is 10.5. The summed E-state index contributed by atoms with van der Waals surface area (Å²) in [6.45, 7) is 2.18. The minimum absolute atomic E-state index is 0.0501. The molecule has 32 heavy (non-hydrogen) atoms. The van der Waals surface area contributed by atoms with Crippen LogP contribution in [0.4, 0.5) is 13.2 Å². The highest BCUT2D eigenvalue weighted by Crippen LogP contribution is 2.35. The highest BCUT2D eigenvalue weighted by Gasteiger charge is 2.41. The van der Waals surface area contributed by atoms with Gasteiger partial charge in [0.1, 0.15) is 12.2 Å². The summed E-state index contributed by atoms with van der Waals surface area (Å²) in [6.07, 6.45) is 2.40. The van der Waals surface area contributed by atoms with Crippen LogP contribution < -0.4 is 0 Å². The predicted molar refractivity (Wildman–Crippen MR) is 113 cm³/mol. The molecule has 2 aromatic carbocycles. The van der Waals surface area contributed by atoms with Crippen molar-refractivity contribution in [2.45, 2.75) is 30.5 Å². The molecule has 0 radical (unpaired) electrons. The zero-order valence-corrected chi connectivity index (χ0v) is 17.5. The van der Waals surface area contributed by atoms with E-state index >= 15 is 0 Å². The fourth-order valence-corrected chi connectivity index (χ4v) is 4.26. The Bertz CT molecular complexity index is 981. The first-order valence-electron chi connectivity index (χ1n) is 10.5. The Morgan fingerprint density at radius 2 is 1.72 bits per heavy atom. The van der Waals surface area contributed by atoms with Crippen molar-refractivity contribution < 1.29 is 27.4 Å². The number of carbonyl (C=O) groups is 1. The Morgan fingerprint density at radius 1 is 1.09 bits per heavy atom. The van der Waals surface area contributed by atoms with E-state index in [2.05, 4.69) is 5.92 Å². The average molecular weight is 443 g/mol. The van der Waals surface area contributed by atoms with Crippen molar-refractivity contribution in [3.63, 3.8) is 0 Å². The number of benzene rings is 2. The van der Waals surface area contributed by atoms with Crippen LogP contribution in [0, 0.1) is 12.3 Å². The van der Waals surface area contributed by atoms with Crippen molar-refractivity contribution in [3.8, 4) is 12.3 Å². The summed E-state index contributed by atoms with van der Waals surface area (Å²) in [6, 6.07) is 12.7. The standard InChI is InChI=1S/C25H24F3NO3/c1-2-15-32-24(16-31-17-24)21-7-5-20(6-8-21)23(30)29-13-11-19(12-14-29)18-3-9-22(10-4-18)25(26,27)28/h1,3-10,19H,11-17H2. The fraction of sp³-hybridized carbons (Fsp3) is 0.400. The van der Waals surface area contributed by atoms with Gasteiger partial charge in [-0.2, -0.15) is 13.2 Å². The lowest BCUT2D eigenvalue weighted by atomic mass is 9.88. The number of likely N-dealkylation sites (tertiary alicyclic amines) is 1. The minimum Gasteiger partial charge on any atom is -0.375 e. The van der Waals surface area contributed by atoms with E-state index in [0.29, 0.717) is 31.9 Å². The number of terminal acetylenes is 1. The Labute approximate surface area is 185 Å². The third-order valence-corrected chi connectivity index (χ3v) is 6.25. The Hall–Kier alpha value is -2.82. The lowest BCUT2D eigenvalue weighted by Crippen LogP contribution is -2.49. The van der Waals surface area contributed by atoms with E-state index in [0.717, 1.165) is 36.1 Å². The summed E-state index contributed by atoms with van der Waals surface area (Å²) in [7, 11) is 0. The predicted octanol–water partition coefficient (Wildman–Crippen LogP) is 4.60. The summed E-state index contributed by atoms with van der Waals surface area (Å²) in [5.41, 5.74) is 1.21. The summed E-state index contributed by atoms with van der Waals surface area (Å²) in [5, 5.41) is 0. The number of carbonyl (C=O) groups excluding carboxylic acids is 1. The van der Waals surface area contributed by atoms with Crippen molar-refractivity contribution in [1.29, 1.82) is 0 Å². The maximum atomic E-state index is 12.9. The topological polar surface area (TPSA) is 38.8 Å². The molecule has 2 fully saturated rings. The molecular weight excluding hydrogens is 419 g/mol. The molecule has 0 bridgehead atoms. The van der Waals surface area contributed by atoms with E-state index in [9.17, 15) is 18.0 Å². The Balaban J connectivity index is 1.36. The van der Waals surface area contributed by atoms with Crippen LogP contribution in [0.3, 0.4) is 0 Å². The molecule has 4 nitrogen and oxygen atoms in total. The minimum atomic E-state index is -4.33. The lowest BCUT2D eigenvalue weighted by molar-refractivity contribution is -0.210. The molecule has 0 aliphatic carbocycles. The molecular formula is C25H24F3NO3. The average Bonchev–Trinajstić information content (AvgIpc) is 2.78. The number of hydrogen-bond donors (Lipinski definition) is 0. The summed E-state index contributed by atoms with van der Waals surface area (Å²) < 4.78 is 49.4.